The molecule has 0 spiro atoms. The van der Waals surface area contributed by atoms with Gasteiger partial charge in [-0.2, -0.15) is 10.2 Å². The first kappa shape index (κ1) is 36.2. The van der Waals surface area contributed by atoms with E-state index in [1.807, 2.05) is 0 Å². The summed E-state index contributed by atoms with van der Waals surface area (Å²) in [5.41, 5.74) is 2.41. The molecular weight excluding hydrogens is 677 g/mol. The lowest BCUT2D eigenvalue weighted by molar-refractivity contribution is -0.143. The number of hydrogen-bond donors (Lipinski definition) is 4. The molecule has 52 heavy (non-hydrogen) atoms. The Morgan fingerprint density at radius 3 is 1.67 bits per heavy atom. The molecule has 2 saturated carbocycles. The topological polar surface area (TPSA) is 212 Å². The Bertz CT molecular complexity index is 2280. The highest BCUT2D eigenvalue weighted by Crippen LogP contribution is 2.32. The lowest BCUT2D eigenvalue weighted by atomic mass is 9.81. The Morgan fingerprint density at radius 2 is 1.25 bits per heavy atom. The molecule has 17 heteroatoms. The predicted octanol–water partition coefficient (Wildman–Crippen LogP) is 2.77. The van der Waals surface area contributed by atoms with E-state index in [-0.39, 0.29) is 46.2 Å². The molecule has 0 radical (unpaired) electrons. The lowest BCUT2D eigenvalue weighted by Crippen LogP contribution is -2.31. The average Bonchev–Trinajstić information content (AvgIpc) is 3.52. The van der Waals surface area contributed by atoms with Crippen LogP contribution in [0.1, 0.15) is 52.7 Å². The zero-order chi connectivity index (χ0) is 38.2. The summed E-state index contributed by atoms with van der Waals surface area (Å²) in [4.78, 5) is 77.1. The van der Waals surface area contributed by atoms with Gasteiger partial charge in [-0.1, -0.05) is 0 Å². The highest BCUT2D eigenvalue weighted by molar-refractivity contribution is 5.92. The Hall–Kier alpha value is -5.61. The summed E-state index contributed by atoms with van der Waals surface area (Å²) >= 11 is 0. The summed E-state index contributed by atoms with van der Waals surface area (Å²) in [5, 5.41) is 19.4. The minimum atomic E-state index is -1.00. The first-order chi connectivity index (χ1) is 25.4. The van der Waals surface area contributed by atoms with Gasteiger partial charge in [0.25, 0.3) is 0 Å². The molecule has 0 unspecified atom stereocenters. The van der Waals surface area contributed by atoms with E-state index in [1.54, 1.807) is 52.2 Å². The summed E-state index contributed by atoms with van der Waals surface area (Å²) in [6, 6.07) is 7.86. The number of carbonyl (C=O) groups excluding carboxylic acids is 1. The lowest BCUT2D eigenvalue weighted by Gasteiger charge is -2.27. The van der Waals surface area contributed by atoms with E-state index in [0.717, 1.165) is 38.5 Å². The van der Waals surface area contributed by atoms with Gasteiger partial charge in [0.2, 0.25) is 17.0 Å². The van der Waals surface area contributed by atoms with Crippen LogP contribution in [-0.2, 0) is 36.8 Å². The van der Waals surface area contributed by atoms with Crippen molar-refractivity contribution < 1.29 is 20.5 Å². The number of carboxylic acids is 1. The summed E-state index contributed by atoms with van der Waals surface area (Å²) in [5.74, 6) is -0.488. The standard InChI is InChI=1S/C19H22N6O3.C15H19N3O4.CH3F/c1-24-15-6-7-16(26)23-17(15)25(19(24)28)11-12-2-4-13(5-3-12)18(27)22-14-8-9-20-21-10-14;1-17-11-6-7-12(19)16-13(11)18(15(17)22)8-9-2-4-10(5-3-9)14(20)21;1-2/h6-10,12-13H,2-5,11H2,1H3,(H,23,26)(H,20,22,27);6-7,9-10H,2-5,8H2,1H3,(H,16,19)(H,20,21);1H3/i;;1D. The van der Waals surface area contributed by atoms with Gasteiger partial charge in [-0.25, -0.2) is 9.59 Å². The summed E-state index contributed by atoms with van der Waals surface area (Å²) in [7, 11) is 2.38. The predicted molar refractivity (Wildman–Crippen MR) is 192 cm³/mol. The maximum Gasteiger partial charge on any atom is 0.330 e. The van der Waals surface area contributed by atoms with Crippen molar-refractivity contribution in [1.82, 2.24) is 38.4 Å². The van der Waals surface area contributed by atoms with Gasteiger partial charge < -0.3 is 20.4 Å². The van der Waals surface area contributed by atoms with Gasteiger partial charge >= 0.3 is 17.3 Å². The molecule has 5 heterocycles. The number of aromatic amines is 2. The number of aliphatic carboxylic acids is 1. The van der Waals surface area contributed by atoms with Crippen molar-refractivity contribution in [3.05, 3.63) is 84.4 Å². The number of alkyl halides is 1. The maximum absolute atomic E-state index is 12.6. The number of fused-ring (bicyclic) bond motifs is 2. The van der Waals surface area contributed by atoms with Crippen molar-refractivity contribution >= 4 is 39.9 Å². The highest BCUT2D eigenvalue weighted by atomic mass is 19.1. The first-order valence-electron chi connectivity index (χ1n) is 17.8. The number of nitrogens with zero attached hydrogens (tertiary/aromatic N) is 6. The number of nitrogens with one attached hydrogen (secondary N) is 3. The molecule has 0 saturated heterocycles. The Labute approximate surface area is 297 Å². The quantitative estimate of drug-likeness (QED) is 0.194. The summed E-state index contributed by atoms with van der Waals surface area (Å²) in [6.45, 7) is 1.06. The molecule has 7 rings (SSSR count). The maximum atomic E-state index is 12.6. The number of H-pyrrole nitrogens is 2. The number of amides is 1. The zero-order valence-electron chi connectivity index (χ0n) is 30.1. The van der Waals surface area contributed by atoms with Gasteiger partial charge in [-0.15, -0.1) is 0 Å². The zero-order valence-corrected chi connectivity index (χ0v) is 29.1. The van der Waals surface area contributed by atoms with Crippen LogP contribution in [0.2, 0.25) is 0 Å². The van der Waals surface area contributed by atoms with Gasteiger partial charge in [0.1, 0.15) is 11.3 Å². The van der Waals surface area contributed by atoms with Gasteiger partial charge in [0.15, 0.2) is 0 Å². The number of pyridine rings is 2. The van der Waals surface area contributed by atoms with Crippen molar-refractivity contribution in [1.29, 1.82) is 0 Å². The summed E-state index contributed by atoms with van der Waals surface area (Å²) in [6.07, 6.45) is 9.19. The number of carboxylic acid groups (broad SMARTS) is 1. The molecule has 5 aromatic heterocycles. The van der Waals surface area contributed by atoms with E-state index >= 15 is 0 Å². The van der Waals surface area contributed by atoms with E-state index in [4.69, 9.17) is 6.48 Å². The van der Waals surface area contributed by atoms with E-state index in [2.05, 4.69) is 25.5 Å². The molecule has 4 N–H and O–H groups in total. The number of aryl methyl sites for hydroxylation is 2. The van der Waals surface area contributed by atoms with Crippen molar-refractivity contribution in [3.8, 4) is 0 Å². The normalized spacial score (nSPS) is 20.2. The van der Waals surface area contributed by atoms with Crippen LogP contribution in [0.25, 0.3) is 22.3 Å². The molecule has 2 aliphatic rings. The van der Waals surface area contributed by atoms with Gasteiger partial charge in [-0.3, -0.25) is 41.8 Å². The molecule has 0 bridgehead atoms. The third-order valence-electron chi connectivity index (χ3n) is 10.2. The second kappa shape index (κ2) is 16.6. The van der Waals surface area contributed by atoms with E-state index in [9.17, 15) is 33.2 Å². The van der Waals surface area contributed by atoms with Crippen LogP contribution in [0.3, 0.4) is 0 Å². The van der Waals surface area contributed by atoms with Crippen molar-refractivity contribution in [3.63, 3.8) is 0 Å². The Balaban J connectivity index is 0.000000195. The molecule has 278 valence electrons. The van der Waals surface area contributed by atoms with Crippen LogP contribution in [0, 0.1) is 23.7 Å². The molecule has 1 amide bonds. The highest BCUT2D eigenvalue weighted by Gasteiger charge is 2.29. The van der Waals surface area contributed by atoms with Crippen molar-refractivity contribution in [2.75, 3.05) is 12.5 Å². The molecule has 0 atom stereocenters. The fraction of sp³-hybridized carbons (Fsp3) is 0.486. The molecule has 0 aromatic carbocycles. The van der Waals surface area contributed by atoms with Crippen LogP contribution in [0.5, 0.6) is 0 Å². The molecule has 2 aliphatic carbocycles. The largest absolute Gasteiger partial charge is 0.481 e. The minimum absolute atomic E-state index is 0.00175. The van der Waals surface area contributed by atoms with E-state index < -0.39 is 13.1 Å². The third-order valence-corrected chi connectivity index (χ3v) is 10.2. The third kappa shape index (κ3) is 8.29. The summed E-state index contributed by atoms with van der Waals surface area (Å²) < 4.78 is 21.8. The van der Waals surface area contributed by atoms with E-state index in [1.165, 1.54) is 22.9 Å². The van der Waals surface area contributed by atoms with E-state index in [0.29, 0.717) is 59.9 Å². The van der Waals surface area contributed by atoms with Crippen LogP contribution in [0.15, 0.2) is 61.9 Å². The van der Waals surface area contributed by atoms with Crippen LogP contribution < -0.4 is 27.8 Å². The van der Waals surface area contributed by atoms with Crippen LogP contribution in [0.4, 0.5) is 10.1 Å². The SMILES string of the molecule is Cn1c(=O)n(CC2CCC(C(=O)Nc3ccnnc3)CC2)c2[nH]c(=O)ccc21.Cn1c(=O)n(CC2CCC(C(=O)O)CC2)c2[nH]c(=O)ccc21.[2H]CF. The van der Waals surface area contributed by atoms with Crippen LogP contribution in [-0.4, -0.2) is 62.6 Å². The monoisotopic (exact) mass is 722 g/mol. The average molecular weight is 723 g/mol. The molecule has 16 nitrogen and oxygen atoms in total. The fourth-order valence-electron chi connectivity index (χ4n) is 7.29. The number of imidazole rings is 2. The number of carbonyl (C=O) groups is 2. The Morgan fingerprint density at radius 1 is 0.788 bits per heavy atom. The van der Waals surface area contributed by atoms with Gasteiger partial charge in [0.05, 0.1) is 43.6 Å². The molecular formula is C35H44FN9O7. The first-order valence-corrected chi connectivity index (χ1v) is 17.1. The number of rotatable bonds is 7. The molecule has 5 aromatic rings. The number of hydrogen-bond acceptors (Lipinski definition) is 8. The van der Waals surface area contributed by atoms with Crippen molar-refractivity contribution in [2.24, 2.45) is 37.8 Å². The second-order valence-electron chi connectivity index (χ2n) is 13.4. The Kier molecular flexibility index (Phi) is 11.6. The number of aromatic nitrogens is 8. The van der Waals surface area contributed by atoms with Gasteiger partial charge in [0, 0.05) is 45.2 Å². The number of anilines is 1. The minimum Gasteiger partial charge on any atom is -0.481 e. The van der Waals surface area contributed by atoms with Crippen molar-refractivity contribution in [2.45, 2.75) is 64.5 Å². The van der Waals surface area contributed by atoms with Gasteiger partial charge in [-0.05, 0) is 81.4 Å². The second-order valence-corrected chi connectivity index (χ2v) is 13.4. The van der Waals surface area contributed by atoms with Crippen LogP contribution >= 0.6 is 0 Å². The smallest absolute Gasteiger partial charge is 0.330 e. The number of halogens is 1. The fourth-order valence-corrected chi connectivity index (χ4v) is 7.29. The molecule has 2 fully saturated rings. The molecule has 0 aliphatic heterocycles.